The zero-order valence-corrected chi connectivity index (χ0v) is 11.0. The molecule has 0 saturated heterocycles. The molecule has 0 N–H and O–H groups in total. The molecule has 3 heteroatoms. The third-order valence-corrected chi connectivity index (χ3v) is 3.24. The fourth-order valence-corrected chi connectivity index (χ4v) is 2.17. The molecule has 0 amide bonds. The molecule has 0 saturated carbocycles. The molecule has 0 atom stereocenters. The largest absolute Gasteiger partial charge is 0.265 e. The van der Waals surface area contributed by atoms with Gasteiger partial charge in [-0.25, -0.2) is 4.39 Å². The lowest BCUT2D eigenvalue weighted by Gasteiger charge is -2.08. The molecule has 20 heavy (non-hydrogen) atoms. The molecule has 0 radical (unpaired) electrons. The second-order valence-electron chi connectivity index (χ2n) is 4.63. The smallest absolute Gasteiger partial charge is 0.123 e. The van der Waals surface area contributed by atoms with Gasteiger partial charge in [0.05, 0.1) is 5.69 Å². The second kappa shape index (κ2) is 5.21. The zero-order chi connectivity index (χ0) is 13.9. The fraction of sp³-hybridized carbons (Fsp3) is 0.0588. The van der Waals surface area contributed by atoms with Crippen LogP contribution in [0.4, 0.5) is 4.39 Å². The molecule has 2 nitrogen and oxygen atoms in total. The predicted molar refractivity (Wildman–Crippen MR) is 77.6 cm³/mol. The van der Waals surface area contributed by atoms with Crippen molar-refractivity contribution in [2.75, 3.05) is 0 Å². The number of pyridine rings is 2. The van der Waals surface area contributed by atoms with E-state index in [0.29, 0.717) is 0 Å². The number of nitrogens with zero attached hydrogens (tertiary/aromatic N) is 2. The molecule has 0 aliphatic rings. The van der Waals surface area contributed by atoms with Crippen LogP contribution in [0.2, 0.25) is 0 Å². The maximum absolute atomic E-state index is 12.9. The summed E-state index contributed by atoms with van der Waals surface area (Å²) in [4.78, 5) is 8.49. The highest BCUT2D eigenvalue weighted by atomic mass is 19.1. The van der Waals surface area contributed by atoms with Gasteiger partial charge in [0.25, 0.3) is 0 Å². The topological polar surface area (TPSA) is 25.8 Å². The summed E-state index contributed by atoms with van der Waals surface area (Å²) in [5, 5.41) is 0. The van der Waals surface area contributed by atoms with Gasteiger partial charge in [-0.15, -0.1) is 0 Å². The quantitative estimate of drug-likeness (QED) is 0.691. The van der Waals surface area contributed by atoms with Gasteiger partial charge in [0, 0.05) is 29.7 Å². The number of aryl methyl sites for hydroxylation is 1. The summed E-state index contributed by atoms with van der Waals surface area (Å²) in [6.07, 6.45) is 5.38. The van der Waals surface area contributed by atoms with Gasteiger partial charge in [-0.2, -0.15) is 0 Å². The molecule has 98 valence electrons. The Bertz CT molecular complexity index is 722. The van der Waals surface area contributed by atoms with Crippen molar-refractivity contribution in [3.05, 3.63) is 72.4 Å². The van der Waals surface area contributed by atoms with Gasteiger partial charge in [-0.05, 0) is 60.5 Å². The van der Waals surface area contributed by atoms with E-state index < -0.39 is 0 Å². The maximum atomic E-state index is 12.9. The molecule has 2 aromatic heterocycles. The molecule has 1 aromatic carbocycles. The van der Waals surface area contributed by atoms with Crippen LogP contribution >= 0.6 is 0 Å². The Morgan fingerprint density at radius 1 is 0.900 bits per heavy atom. The van der Waals surface area contributed by atoms with Crippen LogP contribution in [-0.2, 0) is 0 Å². The van der Waals surface area contributed by atoms with E-state index in [1.165, 1.54) is 12.1 Å². The van der Waals surface area contributed by atoms with E-state index in [2.05, 4.69) is 9.97 Å². The second-order valence-corrected chi connectivity index (χ2v) is 4.63. The molecule has 0 aliphatic carbocycles. The zero-order valence-electron chi connectivity index (χ0n) is 11.0. The number of hydrogen-bond donors (Lipinski definition) is 0. The first-order valence-corrected chi connectivity index (χ1v) is 6.37. The summed E-state index contributed by atoms with van der Waals surface area (Å²) >= 11 is 0. The Morgan fingerprint density at radius 3 is 2.25 bits per heavy atom. The van der Waals surface area contributed by atoms with Crippen LogP contribution < -0.4 is 0 Å². The first-order chi connectivity index (χ1) is 9.74. The van der Waals surface area contributed by atoms with Gasteiger partial charge in [0.1, 0.15) is 5.82 Å². The van der Waals surface area contributed by atoms with Crippen molar-refractivity contribution in [3.63, 3.8) is 0 Å². The Hall–Kier alpha value is -2.55. The van der Waals surface area contributed by atoms with Crippen LogP contribution in [0.5, 0.6) is 0 Å². The molecule has 0 unspecified atom stereocenters. The summed E-state index contributed by atoms with van der Waals surface area (Å²) in [6.45, 7) is 2.05. The van der Waals surface area contributed by atoms with E-state index in [4.69, 9.17) is 0 Å². The number of hydrogen-bond acceptors (Lipinski definition) is 2. The first-order valence-electron chi connectivity index (χ1n) is 6.37. The van der Waals surface area contributed by atoms with Crippen molar-refractivity contribution in [2.24, 2.45) is 0 Å². The van der Waals surface area contributed by atoms with E-state index in [1.807, 2.05) is 31.3 Å². The van der Waals surface area contributed by atoms with Crippen molar-refractivity contribution in [3.8, 4) is 22.4 Å². The summed E-state index contributed by atoms with van der Waals surface area (Å²) in [5.41, 5.74) is 5.07. The molecular formula is C17H13FN2. The normalized spacial score (nSPS) is 10.5. The van der Waals surface area contributed by atoms with Crippen molar-refractivity contribution >= 4 is 0 Å². The Labute approximate surface area is 117 Å². The SMILES string of the molecule is Cc1cc(-c2ccc(F)cc2)ncc1-c1ccncc1. The van der Waals surface area contributed by atoms with Crippen LogP contribution in [0, 0.1) is 12.7 Å². The number of benzene rings is 1. The average molecular weight is 264 g/mol. The molecular weight excluding hydrogens is 251 g/mol. The lowest BCUT2D eigenvalue weighted by atomic mass is 10.0. The Morgan fingerprint density at radius 2 is 1.60 bits per heavy atom. The molecule has 3 rings (SSSR count). The first kappa shape index (κ1) is 12.5. The predicted octanol–water partition coefficient (Wildman–Crippen LogP) is 4.26. The molecule has 3 aromatic rings. The van der Waals surface area contributed by atoms with Crippen LogP contribution in [0.25, 0.3) is 22.4 Å². The monoisotopic (exact) mass is 264 g/mol. The third-order valence-electron chi connectivity index (χ3n) is 3.24. The molecule has 0 bridgehead atoms. The van der Waals surface area contributed by atoms with E-state index in [-0.39, 0.29) is 5.82 Å². The van der Waals surface area contributed by atoms with Crippen LogP contribution in [-0.4, -0.2) is 9.97 Å². The van der Waals surface area contributed by atoms with Crippen molar-refractivity contribution < 1.29 is 4.39 Å². The minimum atomic E-state index is -0.237. The molecule has 0 aliphatic heterocycles. The number of halogens is 1. The third kappa shape index (κ3) is 2.43. The van der Waals surface area contributed by atoms with Crippen molar-refractivity contribution in [2.45, 2.75) is 6.92 Å². The van der Waals surface area contributed by atoms with Gasteiger partial charge < -0.3 is 0 Å². The van der Waals surface area contributed by atoms with Gasteiger partial charge in [-0.3, -0.25) is 9.97 Å². The minimum Gasteiger partial charge on any atom is -0.265 e. The van der Waals surface area contributed by atoms with Crippen molar-refractivity contribution in [1.29, 1.82) is 0 Å². The van der Waals surface area contributed by atoms with E-state index in [1.54, 1.807) is 24.5 Å². The van der Waals surface area contributed by atoms with Crippen LogP contribution in [0.3, 0.4) is 0 Å². The van der Waals surface area contributed by atoms with Crippen LogP contribution in [0.15, 0.2) is 61.1 Å². The lowest BCUT2D eigenvalue weighted by Crippen LogP contribution is -1.90. The van der Waals surface area contributed by atoms with E-state index in [9.17, 15) is 4.39 Å². The average Bonchev–Trinajstić information content (AvgIpc) is 2.49. The molecule has 0 spiro atoms. The van der Waals surface area contributed by atoms with Gasteiger partial charge in [0.2, 0.25) is 0 Å². The summed E-state index contributed by atoms with van der Waals surface area (Å²) in [6, 6.07) is 12.3. The maximum Gasteiger partial charge on any atom is 0.123 e. The summed E-state index contributed by atoms with van der Waals surface area (Å²) < 4.78 is 12.9. The van der Waals surface area contributed by atoms with Gasteiger partial charge in [-0.1, -0.05) is 0 Å². The van der Waals surface area contributed by atoms with E-state index >= 15 is 0 Å². The summed E-state index contributed by atoms with van der Waals surface area (Å²) in [5.74, 6) is -0.237. The van der Waals surface area contributed by atoms with Gasteiger partial charge in [0.15, 0.2) is 0 Å². The minimum absolute atomic E-state index is 0.237. The molecule has 2 heterocycles. The highest BCUT2D eigenvalue weighted by Crippen LogP contribution is 2.26. The standard InChI is InChI=1S/C17H13FN2/c1-12-10-17(14-2-4-15(18)5-3-14)20-11-16(12)13-6-8-19-9-7-13/h2-11H,1H3. The van der Waals surface area contributed by atoms with Crippen molar-refractivity contribution in [1.82, 2.24) is 9.97 Å². The highest BCUT2D eigenvalue weighted by Gasteiger charge is 2.05. The summed E-state index contributed by atoms with van der Waals surface area (Å²) in [7, 11) is 0. The fourth-order valence-electron chi connectivity index (χ4n) is 2.17. The van der Waals surface area contributed by atoms with E-state index in [0.717, 1.165) is 27.9 Å². The number of rotatable bonds is 2. The highest BCUT2D eigenvalue weighted by molar-refractivity contribution is 5.69. The van der Waals surface area contributed by atoms with Gasteiger partial charge >= 0.3 is 0 Å². The number of aromatic nitrogens is 2. The molecule has 0 fully saturated rings. The Balaban J connectivity index is 2.01. The Kier molecular flexibility index (Phi) is 3.25. The van der Waals surface area contributed by atoms with Crippen LogP contribution in [0.1, 0.15) is 5.56 Å². The lowest BCUT2D eigenvalue weighted by molar-refractivity contribution is 0.628.